The molecule has 37 heavy (non-hydrogen) atoms. The van der Waals surface area contributed by atoms with Crippen LogP contribution in [0.2, 0.25) is 0 Å². The summed E-state index contributed by atoms with van der Waals surface area (Å²) in [4.78, 5) is 15.4. The third kappa shape index (κ3) is 5.32. The van der Waals surface area contributed by atoms with Crippen LogP contribution in [0.1, 0.15) is 43.7 Å². The molecule has 1 atom stereocenters. The van der Waals surface area contributed by atoms with E-state index >= 15 is 0 Å². The lowest BCUT2D eigenvalue weighted by Crippen LogP contribution is -2.43. The molecule has 1 heterocycles. The van der Waals surface area contributed by atoms with Crippen LogP contribution in [0.25, 0.3) is 0 Å². The number of Topliss-reactive ketones (excluding diaryl/α,β-unsaturated/α-hetero) is 1. The summed E-state index contributed by atoms with van der Waals surface area (Å²) < 4.78 is 30.3. The molecule has 2 aromatic carbocycles. The molecule has 8 heteroatoms. The predicted molar refractivity (Wildman–Crippen MR) is 137 cm³/mol. The van der Waals surface area contributed by atoms with Gasteiger partial charge < -0.3 is 24.8 Å². The molecule has 0 bridgehead atoms. The normalized spacial score (nSPS) is 19.0. The zero-order valence-electron chi connectivity index (χ0n) is 21.6. The number of hydrogen-bond donors (Lipinski definition) is 1. The maximum absolute atomic E-state index is 13.5. The number of nitrogens with two attached hydrogens (primary N) is 1. The molecule has 0 saturated carbocycles. The number of allylic oxidation sites excluding steroid dienone is 3. The van der Waals surface area contributed by atoms with Crippen molar-refractivity contribution in [1.82, 2.24) is 4.90 Å². The van der Waals surface area contributed by atoms with E-state index in [4.69, 9.17) is 19.9 Å². The van der Waals surface area contributed by atoms with Crippen molar-refractivity contribution >= 4 is 5.78 Å². The molecule has 2 aliphatic rings. The van der Waals surface area contributed by atoms with Crippen LogP contribution in [-0.4, -0.2) is 38.1 Å². The molecule has 2 aromatic rings. The van der Waals surface area contributed by atoms with E-state index < -0.39 is 5.92 Å². The lowest BCUT2D eigenvalue weighted by Gasteiger charge is -2.43. The highest BCUT2D eigenvalue weighted by Crippen LogP contribution is 2.49. The minimum absolute atomic E-state index is 0.00399. The fraction of sp³-hybridized carbons (Fsp3) is 0.379. The summed E-state index contributed by atoms with van der Waals surface area (Å²) in [6, 6.07) is 13.8. The van der Waals surface area contributed by atoms with E-state index in [1.54, 1.807) is 31.4 Å². The molecule has 0 spiro atoms. The molecule has 0 radical (unpaired) electrons. The van der Waals surface area contributed by atoms with Crippen LogP contribution < -0.4 is 15.2 Å². The van der Waals surface area contributed by atoms with E-state index in [-0.39, 0.29) is 23.6 Å². The van der Waals surface area contributed by atoms with Gasteiger partial charge in [-0.3, -0.25) is 4.79 Å². The first-order valence-corrected chi connectivity index (χ1v) is 12.2. The summed E-state index contributed by atoms with van der Waals surface area (Å²) in [5.41, 5.74) is 9.47. The van der Waals surface area contributed by atoms with Crippen molar-refractivity contribution in [2.24, 2.45) is 11.1 Å². The fourth-order valence-electron chi connectivity index (χ4n) is 5.12. The molecule has 0 aromatic heterocycles. The summed E-state index contributed by atoms with van der Waals surface area (Å²) in [6.45, 7) is 5.13. The third-order valence-electron chi connectivity index (χ3n) is 6.81. The second kappa shape index (κ2) is 10.7. The number of ether oxygens (including phenoxy) is 3. The second-order valence-electron chi connectivity index (χ2n) is 10.1. The summed E-state index contributed by atoms with van der Waals surface area (Å²) in [6.07, 6.45) is 1.03. The monoisotopic (exact) mass is 505 g/mol. The van der Waals surface area contributed by atoms with Gasteiger partial charge in [0.25, 0.3) is 0 Å². The van der Waals surface area contributed by atoms with Crippen molar-refractivity contribution in [3.8, 4) is 17.6 Å². The topological polar surface area (TPSA) is 97.8 Å². The van der Waals surface area contributed by atoms with E-state index in [1.165, 1.54) is 19.2 Å². The summed E-state index contributed by atoms with van der Waals surface area (Å²) >= 11 is 0. The average molecular weight is 506 g/mol. The van der Waals surface area contributed by atoms with E-state index in [2.05, 4.69) is 19.9 Å². The fourth-order valence-corrected chi connectivity index (χ4v) is 5.12. The van der Waals surface area contributed by atoms with Crippen LogP contribution >= 0.6 is 0 Å². The lowest BCUT2D eigenvalue weighted by atomic mass is 9.68. The van der Waals surface area contributed by atoms with Crippen LogP contribution in [0.3, 0.4) is 0 Å². The Hall–Kier alpha value is -3.83. The van der Waals surface area contributed by atoms with Gasteiger partial charge in [0.1, 0.15) is 18.2 Å². The molecule has 1 aliphatic carbocycles. The average Bonchev–Trinajstić information content (AvgIpc) is 2.85. The number of carbonyl (C=O) groups is 1. The quantitative estimate of drug-likeness (QED) is 0.551. The van der Waals surface area contributed by atoms with Crippen molar-refractivity contribution in [3.05, 3.63) is 82.1 Å². The summed E-state index contributed by atoms with van der Waals surface area (Å²) in [5.74, 6) is 0.293. The number of carbonyl (C=O) groups excluding carboxylic acids is 1. The second-order valence-corrected chi connectivity index (χ2v) is 10.1. The van der Waals surface area contributed by atoms with Gasteiger partial charge in [-0.2, -0.15) is 5.26 Å². The van der Waals surface area contributed by atoms with E-state index in [1.807, 2.05) is 11.0 Å². The summed E-state index contributed by atoms with van der Waals surface area (Å²) in [5, 5.41) is 10.2. The van der Waals surface area contributed by atoms with Gasteiger partial charge >= 0.3 is 0 Å². The molecule has 194 valence electrons. The Balaban J connectivity index is 1.75. The highest BCUT2D eigenvalue weighted by atomic mass is 19.1. The van der Waals surface area contributed by atoms with Crippen LogP contribution in [0.4, 0.5) is 4.39 Å². The smallest absolute Gasteiger partial charge is 0.162 e. The maximum Gasteiger partial charge on any atom is 0.162 e. The molecule has 7 nitrogen and oxygen atoms in total. The number of hydrogen-bond acceptors (Lipinski definition) is 7. The number of methoxy groups -OCH3 is 2. The van der Waals surface area contributed by atoms with Crippen molar-refractivity contribution in [1.29, 1.82) is 5.26 Å². The van der Waals surface area contributed by atoms with Crippen molar-refractivity contribution < 1.29 is 23.4 Å². The van der Waals surface area contributed by atoms with E-state index in [9.17, 15) is 14.4 Å². The highest BCUT2D eigenvalue weighted by molar-refractivity contribution is 6.00. The van der Waals surface area contributed by atoms with Crippen molar-refractivity contribution in [2.75, 3.05) is 27.4 Å². The van der Waals surface area contributed by atoms with Crippen molar-refractivity contribution in [2.45, 2.75) is 39.2 Å². The Kier molecular flexibility index (Phi) is 7.55. The third-order valence-corrected chi connectivity index (χ3v) is 6.81. The van der Waals surface area contributed by atoms with Crippen LogP contribution in [0.5, 0.6) is 11.5 Å². The van der Waals surface area contributed by atoms with Gasteiger partial charge in [0, 0.05) is 31.3 Å². The van der Waals surface area contributed by atoms with Gasteiger partial charge in [0.15, 0.2) is 17.3 Å². The Morgan fingerprint density at radius 1 is 1.16 bits per heavy atom. The number of nitrogens with zero attached hydrogens (tertiary/aromatic N) is 2. The lowest BCUT2D eigenvalue weighted by molar-refractivity contribution is -0.118. The Morgan fingerprint density at radius 3 is 2.62 bits per heavy atom. The zero-order chi connectivity index (χ0) is 26.7. The number of ketones is 1. The molecule has 0 unspecified atom stereocenters. The first-order chi connectivity index (χ1) is 17.7. The molecule has 0 amide bonds. The van der Waals surface area contributed by atoms with Crippen molar-refractivity contribution in [3.63, 3.8) is 0 Å². The minimum atomic E-state index is -0.617. The number of halogens is 1. The zero-order valence-corrected chi connectivity index (χ0v) is 21.6. The molecular weight excluding hydrogens is 473 g/mol. The standard InChI is InChI=1S/C29H32FN3O4/c1-29(2)14-22-27(23(34)15-29)26(21(16-31)28(32)33(22)10-11-35-3)19-8-9-24(25(13-19)36-4)37-17-18-6-5-7-20(30)12-18/h5-9,12-13,26H,10-11,14-15,17,32H2,1-4H3/t26-/m1/s1. The molecule has 4 rings (SSSR count). The van der Waals surface area contributed by atoms with Crippen LogP contribution in [0.15, 0.2) is 65.1 Å². The largest absolute Gasteiger partial charge is 0.493 e. The van der Waals surface area contributed by atoms with Crippen LogP contribution in [-0.2, 0) is 16.1 Å². The molecule has 2 N–H and O–H groups in total. The van der Waals surface area contributed by atoms with E-state index in [0.29, 0.717) is 65.6 Å². The molecule has 1 aliphatic heterocycles. The number of benzene rings is 2. The van der Waals surface area contributed by atoms with Gasteiger partial charge in [-0.15, -0.1) is 0 Å². The Labute approximate surface area is 216 Å². The first-order valence-electron chi connectivity index (χ1n) is 12.2. The minimum Gasteiger partial charge on any atom is -0.493 e. The van der Waals surface area contributed by atoms with Gasteiger partial charge in [-0.1, -0.05) is 32.0 Å². The van der Waals surface area contributed by atoms with Gasteiger partial charge in [-0.05, 0) is 47.2 Å². The van der Waals surface area contributed by atoms with Gasteiger partial charge in [0.05, 0.1) is 31.3 Å². The maximum atomic E-state index is 13.5. The molecule has 0 fully saturated rings. The predicted octanol–water partition coefficient (Wildman–Crippen LogP) is 4.80. The summed E-state index contributed by atoms with van der Waals surface area (Å²) in [7, 11) is 3.13. The highest BCUT2D eigenvalue weighted by Gasteiger charge is 2.44. The first kappa shape index (κ1) is 26.2. The SMILES string of the molecule is COCCN1C(N)=C(C#N)[C@@H](c2ccc(OCc3cccc(F)c3)c(OC)c2)C2=C1CC(C)(C)CC2=O. The number of rotatable bonds is 8. The van der Waals surface area contributed by atoms with Gasteiger partial charge in [0.2, 0.25) is 0 Å². The Bertz CT molecular complexity index is 1310. The molecular formula is C29H32FN3O4. The van der Waals surface area contributed by atoms with Gasteiger partial charge in [-0.25, -0.2) is 4.39 Å². The molecule has 0 saturated heterocycles. The Morgan fingerprint density at radius 2 is 1.95 bits per heavy atom. The number of nitriles is 1. The van der Waals surface area contributed by atoms with Crippen LogP contribution in [0, 0.1) is 22.6 Å². The van der Waals surface area contributed by atoms with E-state index in [0.717, 1.165) is 5.70 Å².